The van der Waals surface area contributed by atoms with Crippen molar-refractivity contribution in [3.63, 3.8) is 0 Å². The molecule has 1 fully saturated rings. The second kappa shape index (κ2) is 5.38. The maximum Gasteiger partial charge on any atom is 0.330 e. The molecule has 0 aliphatic carbocycles. The van der Waals surface area contributed by atoms with Gasteiger partial charge in [0.05, 0.1) is 18.6 Å². The quantitative estimate of drug-likeness (QED) is 0.593. The molecule has 102 valence electrons. The van der Waals surface area contributed by atoms with Crippen molar-refractivity contribution in [3.05, 3.63) is 51.5 Å². The topological polar surface area (TPSA) is 105 Å². The van der Waals surface area contributed by atoms with Crippen LogP contribution in [0.4, 0.5) is 0 Å². The summed E-state index contributed by atoms with van der Waals surface area (Å²) >= 11 is 0. The lowest BCUT2D eigenvalue weighted by Crippen LogP contribution is -2.34. The van der Waals surface area contributed by atoms with Gasteiger partial charge in [0.25, 0.3) is 5.56 Å². The Morgan fingerprint density at radius 2 is 2.32 bits per heavy atom. The summed E-state index contributed by atoms with van der Waals surface area (Å²) < 4.78 is 6.59. The third kappa shape index (κ3) is 2.45. The lowest BCUT2D eigenvalue weighted by Gasteiger charge is -2.17. The first-order valence-corrected chi connectivity index (χ1v) is 5.70. The number of hydrogen-bond donors (Lipinski definition) is 3. The number of aliphatic hydroxyl groups is 2. The van der Waals surface area contributed by atoms with Gasteiger partial charge in [-0.3, -0.25) is 14.3 Å². The van der Waals surface area contributed by atoms with Crippen molar-refractivity contribution in [2.75, 3.05) is 6.61 Å². The van der Waals surface area contributed by atoms with Crippen LogP contribution in [0.5, 0.6) is 0 Å². The maximum atomic E-state index is 11.7. The highest BCUT2D eigenvalue weighted by Gasteiger charge is 2.43. The van der Waals surface area contributed by atoms with Crippen LogP contribution in [0.15, 0.2) is 40.2 Å². The fraction of sp³-hybridized carbons (Fsp3) is 0.417. The number of ether oxygens (including phenoxy) is 1. The van der Waals surface area contributed by atoms with Gasteiger partial charge in [0.2, 0.25) is 0 Å². The number of H-pyrrole nitrogens is 1. The Hall–Kier alpha value is -1.92. The van der Waals surface area contributed by atoms with E-state index < -0.39 is 35.6 Å². The number of nitrogens with one attached hydrogen (secondary N) is 1. The number of nitrogens with zero attached hydrogens (tertiary/aromatic N) is 1. The molecule has 7 heteroatoms. The molecule has 1 aromatic rings. The van der Waals surface area contributed by atoms with Crippen LogP contribution in [0, 0.1) is 5.92 Å². The standard InChI is InChI=1S/C12H14N2O5/c1-2-3-7-10(17)8(6-15)19-11(7)14-5-4-9(16)13-12(14)18/h3-5,7-8,10-11,15,17H,1,6H2,(H,13,16,18)/t7-,8-,10+,11-/m1/s1. The highest BCUT2D eigenvalue weighted by molar-refractivity contribution is 5.01. The predicted octanol–water partition coefficient (Wildman–Crippen LogP) is -1.26. The number of aliphatic hydroxyl groups excluding tert-OH is 2. The zero-order valence-corrected chi connectivity index (χ0v) is 10.0. The minimum Gasteiger partial charge on any atom is -0.394 e. The molecule has 1 aliphatic rings. The van der Waals surface area contributed by atoms with Crippen LogP contribution in [-0.2, 0) is 4.74 Å². The number of rotatable bonds is 3. The molecule has 7 nitrogen and oxygen atoms in total. The SMILES string of the molecule is C=C=C[C@@H]1[C@H](O)[C@@H](CO)O[C@H]1n1ccc(=O)[nH]c1=O. The van der Waals surface area contributed by atoms with E-state index in [0.29, 0.717) is 0 Å². The Morgan fingerprint density at radius 1 is 1.58 bits per heavy atom. The van der Waals surface area contributed by atoms with Crippen LogP contribution >= 0.6 is 0 Å². The predicted molar refractivity (Wildman–Crippen MR) is 65.5 cm³/mol. The largest absolute Gasteiger partial charge is 0.394 e. The van der Waals surface area contributed by atoms with Crippen LogP contribution in [0.25, 0.3) is 0 Å². The van der Waals surface area contributed by atoms with Crippen molar-refractivity contribution >= 4 is 0 Å². The van der Waals surface area contributed by atoms with Gasteiger partial charge in [-0.1, -0.05) is 6.58 Å². The summed E-state index contributed by atoms with van der Waals surface area (Å²) in [6, 6.07) is 1.18. The molecule has 1 aliphatic heterocycles. The number of aromatic amines is 1. The van der Waals surface area contributed by atoms with Crippen molar-refractivity contribution in [1.29, 1.82) is 0 Å². The van der Waals surface area contributed by atoms with Crippen molar-refractivity contribution in [3.8, 4) is 0 Å². The van der Waals surface area contributed by atoms with Crippen LogP contribution in [0.2, 0.25) is 0 Å². The first kappa shape index (κ1) is 13.5. The average molecular weight is 266 g/mol. The zero-order valence-electron chi connectivity index (χ0n) is 10.0. The fourth-order valence-electron chi connectivity index (χ4n) is 2.11. The summed E-state index contributed by atoms with van der Waals surface area (Å²) in [6.45, 7) is 3.04. The minimum atomic E-state index is -0.983. The molecule has 0 bridgehead atoms. The van der Waals surface area contributed by atoms with Gasteiger partial charge in [0.15, 0.2) is 0 Å². The average Bonchev–Trinajstić information content (AvgIpc) is 2.68. The van der Waals surface area contributed by atoms with E-state index in [1.807, 2.05) is 0 Å². The molecular weight excluding hydrogens is 252 g/mol. The van der Waals surface area contributed by atoms with E-state index in [2.05, 4.69) is 17.3 Å². The Bertz CT molecular complexity index is 613. The van der Waals surface area contributed by atoms with E-state index in [1.54, 1.807) is 0 Å². The van der Waals surface area contributed by atoms with E-state index in [1.165, 1.54) is 18.3 Å². The lowest BCUT2D eigenvalue weighted by molar-refractivity contribution is -0.0471. The Labute approximate surface area is 108 Å². The summed E-state index contributed by atoms with van der Waals surface area (Å²) in [6.07, 6.45) is 0.136. The van der Waals surface area contributed by atoms with Crippen LogP contribution in [0.1, 0.15) is 6.23 Å². The van der Waals surface area contributed by atoms with Gasteiger partial charge in [-0.15, -0.1) is 5.73 Å². The highest BCUT2D eigenvalue weighted by atomic mass is 16.5. The lowest BCUT2D eigenvalue weighted by atomic mass is 10.00. The zero-order chi connectivity index (χ0) is 14.0. The van der Waals surface area contributed by atoms with Gasteiger partial charge < -0.3 is 14.9 Å². The second-order valence-electron chi connectivity index (χ2n) is 4.20. The summed E-state index contributed by atoms with van der Waals surface area (Å²) in [7, 11) is 0. The summed E-state index contributed by atoms with van der Waals surface area (Å²) in [5, 5.41) is 19.1. The summed E-state index contributed by atoms with van der Waals surface area (Å²) in [5.41, 5.74) is 1.36. The van der Waals surface area contributed by atoms with Gasteiger partial charge in [0, 0.05) is 12.3 Å². The number of aromatic nitrogens is 2. The van der Waals surface area contributed by atoms with Gasteiger partial charge in [-0.25, -0.2) is 4.79 Å². The van der Waals surface area contributed by atoms with E-state index in [0.717, 1.165) is 4.57 Å². The van der Waals surface area contributed by atoms with Crippen molar-refractivity contribution in [2.24, 2.45) is 5.92 Å². The molecule has 3 N–H and O–H groups in total. The molecule has 1 saturated heterocycles. The highest BCUT2D eigenvalue weighted by Crippen LogP contribution is 2.34. The normalized spacial score (nSPS) is 30.0. The van der Waals surface area contributed by atoms with Crippen LogP contribution in [-0.4, -0.2) is 38.6 Å². The third-order valence-electron chi connectivity index (χ3n) is 3.03. The molecule has 0 saturated carbocycles. The first-order valence-electron chi connectivity index (χ1n) is 5.70. The summed E-state index contributed by atoms with van der Waals surface area (Å²) in [4.78, 5) is 24.8. The van der Waals surface area contributed by atoms with Gasteiger partial charge >= 0.3 is 5.69 Å². The molecule has 2 rings (SSSR count). The molecule has 0 unspecified atom stereocenters. The van der Waals surface area contributed by atoms with Gasteiger partial charge in [-0.05, 0) is 6.08 Å². The third-order valence-corrected chi connectivity index (χ3v) is 3.03. The molecule has 0 spiro atoms. The molecule has 19 heavy (non-hydrogen) atoms. The number of hydrogen-bond acceptors (Lipinski definition) is 5. The fourth-order valence-corrected chi connectivity index (χ4v) is 2.11. The van der Waals surface area contributed by atoms with E-state index in [4.69, 9.17) is 9.84 Å². The molecule has 4 atom stereocenters. The molecule has 0 amide bonds. The van der Waals surface area contributed by atoms with Crippen molar-refractivity contribution in [2.45, 2.75) is 18.4 Å². The monoisotopic (exact) mass is 266 g/mol. The van der Waals surface area contributed by atoms with E-state index in [9.17, 15) is 14.7 Å². The Kier molecular flexibility index (Phi) is 3.82. The molecule has 0 radical (unpaired) electrons. The van der Waals surface area contributed by atoms with Gasteiger partial charge in [-0.2, -0.15) is 0 Å². The first-order chi connectivity index (χ1) is 9.08. The van der Waals surface area contributed by atoms with Crippen LogP contribution < -0.4 is 11.2 Å². The minimum absolute atomic E-state index is 0.378. The molecule has 0 aromatic carbocycles. The summed E-state index contributed by atoms with van der Waals surface area (Å²) in [5.74, 6) is -0.585. The van der Waals surface area contributed by atoms with E-state index >= 15 is 0 Å². The molecule has 1 aromatic heterocycles. The van der Waals surface area contributed by atoms with Crippen molar-refractivity contribution < 1.29 is 14.9 Å². The van der Waals surface area contributed by atoms with E-state index in [-0.39, 0.29) is 6.61 Å². The Balaban J connectivity index is 2.44. The second-order valence-corrected chi connectivity index (χ2v) is 4.20. The molecule has 2 heterocycles. The maximum absolute atomic E-state index is 11.7. The van der Waals surface area contributed by atoms with Crippen molar-refractivity contribution in [1.82, 2.24) is 9.55 Å². The van der Waals surface area contributed by atoms with Gasteiger partial charge in [0.1, 0.15) is 12.3 Å². The van der Waals surface area contributed by atoms with Crippen LogP contribution in [0.3, 0.4) is 0 Å². The Morgan fingerprint density at radius 3 is 2.89 bits per heavy atom. The smallest absolute Gasteiger partial charge is 0.330 e. The molecular formula is C12H14N2O5.